The van der Waals surface area contributed by atoms with Crippen LogP contribution in [-0.4, -0.2) is 12.8 Å². The third kappa shape index (κ3) is 4.16. The first-order chi connectivity index (χ1) is 8.09. The molecule has 18 heavy (non-hydrogen) atoms. The van der Waals surface area contributed by atoms with Crippen molar-refractivity contribution in [3.63, 3.8) is 0 Å². The van der Waals surface area contributed by atoms with E-state index in [4.69, 9.17) is 0 Å². The average molecular weight is 265 g/mol. The molecule has 1 rings (SSSR count). The maximum atomic E-state index is 12.2. The van der Waals surface area contributed by atoms with Gasteiger partial charge in [-0.15, -0.1) is 0 Å². The molecule has 0 unspecified atom stereocenters. The maximum Gasteiger partial charge on any atom is 0.558 e. The maximum absolute atomic E-state index is 12.2. The lowest BCUT2D eigenvalue weighted by Crippen LogP contribution is -2.12. The molecule has 0 aliphatic carbocycles. The lowest BCUT2D eigenvalue weighted by atomic mass is 9.93. The summed E-state index contributed by atoms with van der Waals surface area (Å²) in [6.45, 7) is -5.42. The lowest BCUT2D eigenvalue weighted by Gasteiger charge is -2.06. The molecule has 0 saturated heterocycles. The SMILES string of the molecule is O=C(C#C[B-](F)(F)F)c1ccc(C(F)(F)F)cc1. The van der Waals surface area contributed by atoms with Crippen LogP contribution in [-0.2, 0) is 6.18 Å². The first-order valence-corrected chi connectivity index (χ1v) is 4.54. The average Bonchev–Trinajstić information content (AvgIpc) is 2.24. The number of halogens is 6. The summed E-state index contributed by atoms with van der Waals surface area (Å²) in [5.41, 5.74) is -1.32. The summed E-state index contributed by atoms with van der Waals surface area (Å²) in [5, 5.41) is 0. The first kappa shape index (κ1) is 14.2. The Bertz CT molecular complexity index is 502. The molecule has 0 radical (unpaired) electrons. The predicted octanol–water partition coefficient (Wildman–Crippen LogP) is 3.28. The summed E-state index contributed by atoms with van der Waals surface area (Å²) in [6.07, 6.45) is -4.57. The second kappa shape index (κ2) is 4.76. The van der Waals surface area contributed by atoms with Crippen molar-refractivity contribution < 1.29 is 30.9 Å². The van der Waals surface area contributed by atoms with Gasteiger partial charge in [0, 0.05) is 5.56 Å². The number of hydrogen-bond donors (Lipinski definition) is 0. The Morgan fingerprint density at radius 3 is 1.94 bits per heavy atom. The van der Waals surface area contributed by atoms with Gasteiger partial charge in [-0.05, 0) is 24.3 Å². The summed E-state index contributed by atoms with van der Waals surface area (Å²) >= 11 is 0. The van der Waals surface area contributed by atoms with E-state index < -0.39 is 24.5 Å². The topological polar surface area (TPSA) is 17.1 Å². The molecule has 8 heteroatoms. The standard InChI is InChI=1S/C10H4BF6O/c12-10(13,14)8-3-1-7(2-4-8)9(18)5-6-11(15,16)17/h1-4H/q-1. The lowest BCUT2D eigenvalue weighted by molar-refractivity contribution is -0.137. The summed E-state index contributed by atoms with van der Waals surface area (Å²) in [6, 6.07) is 2.77. The van der Waals surface area contributed by atoms with Crippen LogP contribution in [0.3, 0.4) is 0 Å². The van der Waals surface area contributed by atoms with Crippen LogP contribution in [0.2, 0.25) is 0 Å². The van der Waals surface area contributed by atoms with Crippen LogP contribution in [0.25, 0.3) is 0 Å². The van der Waals surface area contributed by atoms with Crippen molar-refractivity contribution in [1.29, 1.82) is 0 Å². The number of alkyl halides is 3. The fourth-order valence-corrected chi connectivity index (χ4v) is 1.03. The molecule has 1 nitrogen and oxygen atoms in total. The molecule has 0 fully saturated rings. The molecule has 0 atom stereocenters. The van der Waals surface area contributed by atoms with Gasteiger partial charge in [-0.1, -0.05) is 5.92 Å². The summed E-state index contributed by atoms with van der Waals surface area (Å²) < 4.78 is 71.7. The molecule has 1 aromatic carbocycles. The monoisotopic (exact) mass is 265 g/mol. The number of ketones is 1. The van der Waals surface area contributed by atoms with Gasteiger partial charge < -0.3 is 12.9 Å². The van der Waals surface area contributed by atoms with Crippen molar-refractivity contribution in [2.24, 2.45) is 0 Å². The van der Waals surface area contributed by atoms with E-state index >= 15 is 0 Å². The Morgan fingerprint density at radius 1 is 1.06 bits per heavy atom. The zero-order valence-corrected chi connectivity index (χ0v) is 8.56. The quantitative estimate of drug-likeness (QED) is 0.329. The van der Waals surface area contributed by atoms with Gasteiger partial charge in [0.2, 0.25) is 5.78 Å². The summed E-state index contributed by atoms with van der Waals surface area (Å²) in [4.78, 5) is 11.1. The van der Waals surface area contributed by atoms with Gasteiger partial charge in [-0.2, -0.15) is 19.0 Å². The highest BCUT2D eigenvalue weighted by atomic mass is 19.4. The van der Waals surface area contributed by atoms with Crippen LogP contribution < -0.4 is 0 Å². The third-order valence-electron chi connectivity index (χ3n) is 1.82. The smallest absolute Gasteiger partial charge is 0.438 e. The molecular formula is C10H4BF6O-. The fraction of sp³-hybridized carbons (Fsp3) is 0.100. The molecule has 0 aliphatic rings. The van der Waals surface area contributed by atoms with Gasteiger partial charge in [0.1, 0.15) is 0 Å². The number of benzene rings is 1. The molecule has 0 aromatic heterocycles. The predicted molar refractivity (Wildman–Crippen MR) is 52.6 cm³/mol. The van der Waals surface area contributed by atoms with Crippen molar-refractivity contribution in [2.75, 3.05) is 0 Å². The van der Waals surface area contributed by atoms with E-state index in [1.807, 2.05) is 0 Å². The van der Waals surface area contributed by atoms with Crippen LogP contribution in [0.5, 0.6) is 0 Å². The van der Waals surface area contributed by atoms with Gasteiger partial charge >= 0.3 is 13.2 Å². The van der Waals surface area contributed by atoms with Crippen LogP contribution in [0.15, 0.2) is 24.3 Å². The summed E-state index contributed by atoms with van der Waals surface area (Å²) in [7, 11) is 0. The highest BCUT2D eigenvalue weighted by molar-refractivity contribution is 6.68. The van der Waals surface area contributed by atoms with Crippen molar-refractivity contribution in [2.45, 2.75) is 6.18 Å². The minimum Gasteiger partial charge on any atom is -0.438 e. The van der Waals surface area contributed by atoms with E-state index in [0.717, 1.165) is 18.0 Å². The summed E-state index contributed by atoms with van der Waals surface area (Å²) in [5.74, 6) is 0.958. The largest absolute Gasteiger partial charge is 0.558 e. The number of carbonyl (C=O) groups is 1. The van der Waals surface area contributed by atoms with Crippen LogP contribution in [0.4, 0.5) is 26.1 Å². The van der Waals surface area contributed by atoms with Crippen molar-refractivity contribution >= 4 is 12.8 Å². The Labute approximate surface area is 97.9 Å². The van der Waals surface area contributed by atoms with E-state index in [-0.39, 0.29) is 5.56 Å². The molecule has 0 aliphatic heterocycles. The normalized spacial score (nSPS) is 11.7. The van der Waals surface area contributed by atoms with Gasteiger partial charge in [0.15, 0.2) is 0 Å². The van der Waals surface area contributed by atoms with E-state index in [2.05, 4.69) is 0 Å². The van der Waals surface area contributed by atoms with Crippen molar-refractivity contribution in [3.05, 3.63) is 35.4 Å². The second-order valence-electron chi connectivity index (χ2n) is 3.25. The van der Waals surface area contributed by atoms with E-state index in [9.17, 15) is 30.9 Å². The molecule has 96 valence electrons. The highest BCUT2D eigenvalue weighted by Gasteiger charge is 2.30. The van der Waals surface area contributed by atoms with Gasteiger partial charge in [-0.3, -0.25) is 4.79 Å². The molecule has 0 heterocycles. The van der Waals surface area contributed by atoms with E-state index in [1.54, 1.807) is 0 Å². The number of rotatable bonds is 1. The molecule has 0 spiro atoms. The third-order valence-corrected chi connectivity index (χ3v) is 1.82. The minimum absolute atomic E-state index is 0.324. The molecular weight excluding hydrogens is 261 g/mol. The van der Waals surface area contributed by atoms with Crippen molar-refractivity contribution in [3.8, 4) is 11.7 Å². The minimum atomic E-state index is -5.42. The van der Waals surface area contributed by atoms with Gasteiger partial charge in [-0.25, -0.2) is 0 Å². The van der Waals surface area contributed by atoms with Gasteiger partial charge in [0.25, 0.3) is 0 Å². The molecule has 1 aromatic rings. The Kier molecular flexibility index (Phi) is 3.75. The molecule has 0 saturated carbocycles. The Balaban J connectivity index is 2.92. The Hall–Kier alpha value is -1.91. The number of hydrogen-bond acceptors (Lipinski definition) is 1. The zero-order chi connectivity index (χ0) is 14.0. The second-order valence-corrected chi connectivity index (χ2v) is 3.25. The number of carbonyl (C=O) groups excluding carboxylic acids is 1. The van der Waals surface area contributed by atoms with Crippen LogP contribution in [0.1, 0.15) is 15.9 Å². The zero-order valence-electron chi connectivity index (χ0n) is 8.56. The molecule has 0 amide bonds. The van der Waals surface area contributed by atoms with Crippen LogP contribution >= 0.6 is 0 Å². The highest BCUT2D eigenvalue weighted by Crippen LogP contribution is 2.29. The molecule has 0 bridgehead atoms. The van der Waals surface area contributed by atoms with Crippen LogP contribution in [0, 0.1) is 11.7 Å². The van der Waals surface area contributed by atoms with E-state index in [0.29, 0.717) is 12.1 Å². The Morgan fingerprint density at radius 2 is 1.56 bits per heavy atom. The van der Waals surface area contributed by atoms with Crippen molar-refractivity contribution in [1.82, 2.24) is 0 Å². The molecule has 0 N–H and O–H groups in total. The van der Waals surface area contributed by atoms with Gasteiger partial charge in [0.05, 0.1) is 5.56 Å². The first-order valence-electron chi connectivity index (χ1n) is 4.54. The van der Waals surface area contributed by atoms with E-state index in [1.165, 1.54) is 5.92 Å². The fourth-order valence-electron chi connectivity index (χ4n) is 1.03. The number of Topliss-reactive ketones (excluding diaryl/α,β-unsaturated/α-hetero) is 1.